The Morgan fingerprint density at radius 2 is 1.74 bits per heavy atom. The van der Waals surface area contributed by atoms with Gasteiger partial charge >= 0.3 is 5.97 Å². The van der Waals surface area contributed by atoms with Gasteiger partial charge in [0.15, 0.2) is 6.10 Å². The van der Waals surface area contributed by atoms with Crippen LogP contribution in [0, 0.1) is 0 Å². The molecule has 0 aliphatic carbocycles. The van der Waals surface area contributed by atoms with Crippen LogP contribution in [0.1, 0.15) is 75.9 Å². The van der Waals surface area contributed by atoms with Gasteiger partial charge in [-0.3, -0.25) is 14.5 Å². The molecule has 2 aromatic carbocycles. The molecule has 0 spiro atoms. The predicted molar refractivity (Wildman–Crippen MR) is 141 cm³/mol. The number of carbonyl (C=O) groups is 2. The minimum atomic E-state index is -0.838. The zero-order valence-corrected chi connectivity index (χ0v) is 22.1. The van der Waals surface area contributed by atoms with E-state index in [9.17, 15) is 9.59 Å². The van der Waals surface area contributed by atoms with Crippen LogP contribution in [-0.2, 0) is 9.53 Å². The fourth-order valence-electron chi connectivity index (χ4n) is 4.49. The Morgan fingerprint density at radius 3 is 2.34 bits per heavy atom. The highest BCUT2D eigenvalue weighted by Gasteiger charge is 2.52. The first-order valence-corrected chi connectivity index (χ1v) is 12.2. The van der Waals surface area contributed by atoms with Crippen molar-refractivity contribution in [2.75, 3.05) is 12.0 Å². The number of hydrogen-bond acceptors (Lipinski definition) is 4. The minimum absolute atomic E-state index is 0.180. The number of methoxy groups -OCH3 is 1. The van der Waals surface area contributed by atoms with Crippen molar-refractivity contribution in [3.8, 4) is 5.75 Å². The Hall–Kier alpha value is -3.05. The lowest BCUT2D eigenvalue weighted by Gasteiger charge is -2.38. The summed E-state index contributed by atoms with van der Waals surface area (Å²) in [6, 6.07) is 12.4. The number of hydrogen-bond donors (Lipinski definition) is 0. The van der Waals surface area contributed by atoms with Crippen LogP contribution in [0.25, 0.3) is 0 Å². The smallest absolute Gasteiger partial charge is 0.303 e. The Balaban J connectivity index is 2.09. The van der Waals surface area contributed by atoms with Gasteiger partial charge < -0.3 is 9.47 Å². The van der Waals surface area contributed by atoms with Gasteiger partial charge in [-0.25, -0.2) is 0 Å². The Kier molecular flexibility index (Phi) is 8.44. The van der Waals surface area contributed by atoms with Gasteiger partial charge in [0.25, 0.3) is 5.91 Å². The van der Waals surface area contributed by atoms with Crippen molar-refractivity contribution < 1.29 is 19.1 Å². The maximum atomic E-state index is 13.9. The third-order valence-corrected chi connectivity index (χ3v) is 6.62. The van der Waals surface area contributed by atoms with E-state index in [0.29, 0.717) is 28.4 Å². The fourth-order valence-corrected chi connectivity index (χ4v) is 4.62. The van der Waals surface area contributed by atoms with E-state index in [2.05, 4.69) is 32.9 Å². The molecule has 3 rings (SSSR count). The standard InChI is InChI=1S/C29H34ClNO4/c1-19(2)8-7-9-20(3)16-17-29(5)27(35-21(4)32)25-18-24(34-6)14-15-26(25)31(29)28(33)22-10-12-23(30)13-11-22/h8,10-16,18,27H,7,9,17H2,1-6H3/b20-16+. The van der Waals surface area contributed by atoms with Crippen molar-refractivity contribution in [1.29, 1.82) is 0 Å². The van der Waals surface area contributed by atoms with Crippen LogP contribution in [0.2, 0.25) is 5.02 Å². The number of halogens is 1. The number of allylic oxidation sites excluding steroid dienone is 3. The number of nitrogens with zero attached hydrogens (tertiary/aromatic N) is 1. The Morgan fingerprint density at radius 1 is 1.06 bits per heavy atom. The molecule has 1 amide bonds. The molecule has 2 atom stereocenters. The first-order chi connectivity index (χ1) is 16.6. The van der Waals surface area contributed by atoms with Gasteiger partial charge in [0, 0.05) is 23.1 Å². The van der Waals surface area contributed by atoms with E-state index in [4.69, 9.17) is 21.1 Å². The van der Waals surface area contributed by atoms with Crippen molar-refractivity contribution >= 4 is 29.2 Å². The molecule has 0 N–H and O–H groups in total. The highest BCUT2D eigenvalue weighted by molar-refractivity contribution is 6.30. The van der Waals surface area contributed by atoms with Crippen LogP contribution < -0.4 is 9.64 Å². The maximum absolute atomic E-state index is 13.9. The van der Waals surface area contributed by atoms with E-state index in [0.717, 1.165) is 18.4 Å². The van der Waals surface area contributed by atoms with Gasteiger partial charge in [0.2, 0.25) is 0 Å². The summed E-state index contributed by atoms with van der Waals surface area (Å²) >= 11 is 6.06. The summed E-state index contributed by atoms with van der Waals surface area (Å²) in [6.07, 6.45) is 6.12. The Bertz CT molecular complexity index is 1150. The fraction of sp³-hybridized carbons (Fsp3) is 0.379. The molecular formula is C29H34ClNO4. The van der Waals surface area contributed by atoms with E-state index >= 15 is 0 Å². The van der Waals surface area contributed by atoms with Crippen LogP contribution in [0.15, 0.2) is 65.8 Å². The van der Waals surface area contributed by atoms with Crippen LogP contribution in [0.5, 0.6) is 5.75 Å². The molecule has 0 aromatic heterocycles. The molecule has 2 unspecified atom stereocenters. The number of esters is 1. The summed E-state index contributed by atoms with van der Waals surface area (Å²) in [7, 11) is 1.59. The first kappa shape index (κ1) is 26.6. The minimum Gasteiger partial charge on any atom is -0.497 e. The van der Waals surface area contributed by atoms with Crippen molar-refractivity contribution in [3.63, 3.8) is 0 Å². The third kappa shape index (κ3) is 5.96. The number of carbonyl (C=O) groups excluding carboxylic acids is 2. The average molecular weight is 496 g/mol. The van der Waals surface area contributed by atoms with Crippen LogP contribution in [-0.4, -0.2) is 24.5 Å². The first-order valence-electron chi connectivity index (χ1n) is 11.8. The summed E-state index contributed by atoms with van der Waals surface area (Å²) in [5, 5.41) is 0.559. The second kappa shape index (κ2) is 11.1. The van der Waals surface area contributed by atoms with Gasteiger partial charge in [0.05, 0.1) is 18.3 Å². The van der Waals surface area contributed by atoms with Gasteiger partial charge in [-0.05, 0) is 89.4 Å². The number of anilines is 1. The Labute approximate surface area is 213 Å². The van der Waals surface area contributed by atoms with Crippen LogP contribution >= 0.6 is 11.6 Å². The lowest BCUT2D eigenvalue weighted by molar-refractivity contribution is -0.149. The summed E-state index contributed by atoms with van der Waals surface area (Å²) in [5.41, 5.74) is 3.64. The molecule has 0 radical (unpaired) electrons. The molecule has 0 bridgehead atoms. The van der Waals surface area contributed by atoms with Gasteiger partial charge in [-0.1, -0.05) is 34.9 Å². The predicted octanol–water partition coefficient (Wildman–Crippen LogP) is 7.45. The van der Waals surface area contributed by atoms with E-state index in [1.807, 2.05) is 25.1 Å². The second-order valence-corrected chi connectivity index (χ2v) is 9.93. The normalized spacial score (nSPS) is 19.2. The van der Waals surface area contributed by atoms with Crippen LogP contribution in [0.3, 0.4) is 0 Å². The zero-order chi connectivity index (χ0) is 25.8. The summed E-state index contributed by atoms with van der Waals surface area (Å²) in [5.74, 6) is 0.0540. The number of amides is 1. The lowest BCUT2D eigenvalue weighted by atomic mass is 9.87. The highest BCUT2D eigenvalue weighted by atomic mass is 35.5. The van der Waals surface area contributed by atoms with E-state index in [1.165, 1.54) is 18.1 Å². The summed E-state index contributed by atoms with van der Waals surface area (Å²) < 4.78 is 11.3. The van der Waals surface area contributed by atoms with Gasteiger partial charge in [0.1, 0.15) is 5.75 Å². The number of benzene rings is 2. The number of fused-ring (bicyclic) bond motifs is 1. The van der Waals surface area contributed by atoms with E-state index in [-0.39, 0.29) is 5.91 Å². The quantitative estimate of drug-likeness (QED) is 0.282. The van der Waals surface area contributed by atoms with Gasteiger partial charge in [-0.15, -0.1) is 0 Å². The molecule has 186 valence electrons. The molecule has 1 aliphatic heterocycles. The van der Waals surface area contributed by atoms with Crippen LogP contribution in [0.4, 0.5) is 5.69 Å². The molecule has 1 aliphatic rings. The number of rotatable bonds is 8. The topological polar surface area (TPSA) is 55.8 Å². The molecule has 0 saturated heterocycles. The third-order valence-electron chi connectivity index (χ3n) is 6.37. The largest absolute Gasteiger partial charge is 0.497 e. The average Bonchev–Trinajstić information content (AvgIpc) is 3.04. The molecule has 2 aromatic rings. The molecule has 1 heterocycles. The highest BCUT2D eigenvalue weighted by Crippen LogP contribution is 2.52. The number of ether oxygens (including phenoxy) is 2. The molecule has 6 heteroatoms. The zero-order valence-electron chi connectivity index (χ0n) is 21.4. The van der Waals surface area contributed by atoms with Crippen molar-refractivity contribution in [2.45, 2.75) is 65.5 Å². The SMILES string of the molecule is COc1ccc2c(c1)C(OC(C)=O)C(C)(C/C=C(\C)CCC=C(C)C)N2C(=O)c1ccc(Cl)cc1. The van der Waals surface area contributed by atoms with E-state index in [1.54, 1.807) is 36.3 Å². The van der Waals surface area contributed by atoms with E-state index < -0.39 is 17.6 Å². The van der Waals surface area contributed by atoms with Gasteiger partial charge in [-0.2, -0.15) is 0 Å². The summed E-state index contributed by atoms with van der Waals surface area (Å²) in [4.78, 5) is 27.8. The lowest BCUT2D eigenvalue weighted by Crippen LogP contribution is -2.50. The van der Waals surface area contributed by atoms with Crippen molar-refractivity contribution in [2.24, 2.45) is 0 Å². The molecule has 0 saturated carbocycles. The van der Waals surface area contributed by atoms with Crippen molar-refractivity contribution in [3.05, 3.63) is 81.9 Å². The second-order valence-electron chi connectivity index (χ2n) is 9.49. The molecular weight excluding hydrogens is 462 g/mol. The monoisotopic (exact) mass is 495 g/mol. The van der Waals surface area contributed by atoms with Crippen molar-refractivity contribution in [1.82, 2.24) is 0 Å². The molecule has 5 nitrogen and oxygen atoms in total. The molecule has 0 fully saturated rings. The maximum Gasteiger partial charge on any atom is 0.303 e. The molecule has 35 heavy (non-hydrogen) atoms. The summed E-state index contributed by atoms with van der Waals surface area (Å²) in [6.45, 7) is 9.65.